The summed E-state index contributed by atoms with van der Waals surface area (Å²) in [5.41, 5.74) is -1.27. The molecule has 2 aromatic carbocycles. The van der Waals surface area contributed by atoms with Crippen LogP contribution >= 0.6 is 11.6 Å². The molecular formula is C20H19ClF3NO5S. The van der Waals surface area contributed by atoms with Gasteiger partial charge in [0.2, 0.25) is 0 Å². The van der Waals surface area contributed by atoms with Gasteiger partial charge in [-0.2, -0.15) is 13.2 Å². The monoisotopic (exact) mass is 477 g/mol. The first-order chi connectivity index (χ1) is 14.2. The van der Waals surface area contributed by atoms with Crippen molar-refractivity contribution in [3.05, 3.63) is 58.7 Å². The van der Waals surface area contributed by atoms with Crippen molar-refractivity contribution >= 4 is 33.0 Å². The Kier molecular flexibility index (Phi) is 7.28. The highest BCUT2D eigenvalue weighted by Gasteiger charge is 2.32. The summed E-state index contributed by atoms with van der Waals surface area (Å²) >= 11 is 6.06. The molecule has 0 unspecified atom stereocenters. The van der Waals surface area contributed by atoms with Crippen LogP contribution in [0.3, 0.4) is 0 Å². The fourth-order valence-electron chi connectivity index (χ4n) is 2.51. The van der Waals surface area contributed by atoms with Crippen LogP contribution in [0, 0.1) is 0 Å². The SMILES string of the molecule is COC(=O)C(=CN(C)C)c1cc(Oc2ccc(S(C)(=O)=O)cc2Cl)cc(C(F)(F)F)c1. The second-order valence-electron chi connectivity index (χ2n) is 6.71. The first kappa shape index (κ1) is 24.5. The number of hydrogen-bond acceptors (Lipinski definition) is 6. The lowest BCUT2D eigenvalue weighted by atomic mass is 10.0. The minimum Gasteiger partial charge on any atom is -0.465 e. The largest absolute Gasteiger partial charge is 0.465 e. The van der Waals surface area contributed by atoms with E-state index in [1.807, 2.05) is 0 Å². The predicted octanol–water partition coefficient (Wildman–Crippen LogP) is 4.63. The van der Waals surface area contributed by atoms with E-state index in [4.69, 9.17) is 16.3 Å². The molecule has 0 aromatic heterocycles. The van der Waals surface area contributed by atoms with Gasteiger partial charge in [-0.15, -0.1) is 0 Å². The van der Waals surface area contributed by atoms with Gasteiger partial charge in [0.25, 0.3) is 0 Å². The number of ether oxygens (including phenoxy) is 2. The Labute approximate surface area is 182 Å². The van der Waals surface area contributed by atoms with Gasteiger partial charge in [-0.3, -0.25) is 0 Å². The van der Waals surface area contributed by atoms with Gasteiger partial charge >= 0.3 is 12.1 Å². The molecule has 31 heavy (non-hydrogen) atoms. The number of esters is 1. The molecule has 2 aromatic rings. The van der Waals surface area contributed by atoms with E-state index in [-0.39, 0.29) is 32.6 Å². The van der Waals surface area contributed by atoms with Crippen molar-refractivity contribution in [2.75, 3.05) is 27.5 Å². The van der Waals surface area contributed by atoms with Gasteiger partial charge in [-0.05, 0) is 42.0 Å². The van der Waals surface area contributed by atoms with Crippen LogP contribution in [-0.2, 0) is 25.5 Å². The summed E-state index contributed by atoms with van der Waals surface area (Å²) < 4.78 is 73.8. The van der Waals surface area contributed by atoms with Crippen molar-refractivity contribution in [3.8, 4) is 11.5 Å². The van der Waals surface area contributed by atoms with E-state index in [9.17, 15) is 26.4 Å². The molecule has 6 nitrogen and oxygen atoms in total. The molecule has 0 spiro atoms. The minimum atomic E-state index is -4.72. The van der Waals surface area contributed by atoms with Crippen molar-refractivity contribution < 1.29 is 35.9 Å². The molecule has 0 bridgehead atoms. The Hall–Kier alpha value is -2.72. The Morgan fingerprint density at radius 3 is 2.26 bits per heavy atom. The highest BCUT2D eigenvalue weighted by Crippen LogP contribution is 2.38. The molecule has 0 saturated heterocycles. The van der Waals surface area contributed by atoms with Crippen LogP contribution in [0.1, 0.15) is 11.1 Å². The van der Waals surface area contributed by atoms with Crippen molar-refractivity contribution in [2.24, 2.45) is 0 Å². The van der Waals surface area contributed by atoms with E-state index in [0.29, 0.717) is 0 Å². The summed E-state index contributed by atoms with van der Waals surface area (Å²) in [6.07, 6.45) is -2.42. The first-order valence-corrected chi connectivity index (χ1v) is 10.9. The molecule has 0 radical (unpaired) electrons. The molecule has 0 fully saturated rings. The molecule has 0 aliphatic rings. The standard InChI is InChI=1S/C20H19ClF3NO5S/c1-25(2)11-16(19(26)29-3)12-7-13(20(22,23)24)9-14(8-12)30-18-6-5-15(10-17(18)21)31(4,27)28/h5-11H,1-4H3. The van der Waals surface area contributed by atoms with E-state index < -0.39 is 27.5 Å². The maximum atomic E-state index is 13.5. The third kappa shape index (κ3) is 6.38. The van der Waals surface area contributed by atoms with E-state index >= 15 is 0 Å². The third-order valence-corrected chi connectivity index (χ3v) is 5.30. The van der Waals surface area contributed by atoms with Crippen LogP contribution in [0.4, 0.5) is 13.2 Å². The minimum absolute atomic E-state index is 0.0597. The number of benzene rings is 2. The van der Waals surface area contributed by atoms with Gasteiger partial charge < -0.3 is 14.4 Å². The molecule has 0 heterocycles. The van der Waals surface area contributed by atoms with Crippen molar-refractivity contribution in [3.63, 3.8) is 0 Å². The molecule has 0 atom stereocenters. The van der Waals surface area contributed by atoms with Gasteiger partial charge in [0.15, 0.2) is 9.84 Å². The van der Waals surface area contributed by atoms with Gasteiger partial charge in [-0.1, -0.05) is 11.6 Å². The second-order valence-corrected chi connectivity index (χ2v) is 9.13. The normalized spacial score (nSPS) is 12.5. The summed E-state index contributed by atoms with van der Waals surface area (Å²) in [5.74, 6) is -1.16. The first-order valence-electron chi connectivity index (χ1n) is 8.59. The average Bonchev–Trinajstić information content (AvgIpc) is 2.65. The molecule has 2 rings (SSSR count). The van der Waals surface area contributed by atoms with Crippen LogP contribution in [-0.4, -0.2) is 46.7 Å². The van der Waals surface area contributed by atoms with E-state index in [0.717, 1.165) is 31.6 Å². The highest BCUT2D eigenvalue weighted by molar-refractivity contribution is 7.90. The van der Waals surface area contributed by atoms with Gasteiger partial charge in [0.05, 0.1) is 28.2 Å². The lowest BCUT2D eigenvalue weighted by Crippen LogP contribution is -2.12. The second kappa shape index (κ2) is 9.19. The summed E-state index contributed by atoms with van der Waals surface area (Å²) in [7, 11) is 0.764. The smallest absolute Gasteiger partial charge is 0.416 e. The molecule has 0 aliphatic carbocycles. The molecule has 0 amide bonds. The van der Waals surface area contributed by atoms with Crippen LogP contribution < -0.4 is 4.74 Å². The fraction of sp³-hybridized carbons (Fsp3) is 0.250. The molecule has 0 saturated carbocycles. The summed E-state index contributed by atoms with van der Waals surface area (Å²) in [5, 5.41) is -0.112. The average molecular weight is 478 g/mol. The number of rotatable bonds is 6. The third-order valence-electron chi connectivity index (χ3n) is 3.90. The van der Waals surface area contributed by atoms with Gasteiger partial charge in [-0.25, -0.2) is 13.2 Å². The lowest BCUT2D eigenvalue weighted by Gasteiger charge is -2.16. The van der Waals surface area contributed by atoms with E-state index in [1.165, 1.54) is 29.3 Å². The topological polar surface area (TPSA) is 72.9 Å². The zero-order valence-electron chi connectivity index (χ0n) is 17.0. The van der Waals surface area contributed by atoms with Gasteiger partial charge in [0.1, 0.15) is 11.5 Å². The predicted molar refractivity (Wildman–Crippen MR) is 110 cm³/mol. The van der Waals surface area contributed by atoms with Gasteiger partial charge in [0, 0.05) is 26.6 Å². The van der Waals surface area contributed by atoms with Crippen molar-refractivity contribution in [1.82, 2.24) is 4.90 Å². The molecular weight excluding hydrogens is 459 g/mol. The van der Waals surface area contributed by atoms with E-state index in [2.05, 4.69) is 4.74 Å². The Morgan fingerprint density at radius 1 is 1.13 bits per heavy atom. The molecule has 11 heteroatoms. The molecule has 0 N–H and O–H groups in total. The fourth-order valence-corrected chi connectivity index (χ4v) is 3.44. The maximum absolute atomic E-state index is 13.5. The van der Waals surface area contributed by atoms with E-state index in [1.54, 1.807) is 14.1 Å². The lowest BCUT2D eigenvalue weighted by molar-refractivity contribution is -0.138. The Morgan fingerprint density at radius 2 is 1.77 bits per heavy atom. The highest BCUT2D eigenvalue weighted by atomic mass is 35.5. The quantitative estimate of drug-likeness (QED) is 0.446. The Bertz CT molecular complexity index is 1130. The summed E-state index contributed by atoms with van der Waals surface area (Å²) in [4.78, 5) is 13.6. The number of alkyl halides is 3. The number of methoxy groups -OCH3 is 1. The summed E-state index contributed by atoms with van der Waals surface area (Å²) in [6.45, 7) is 0. The zero-order chi connectivity index (χ0) is 23.6. The van der Waals surface area contributed by atoms with Crippen LogP contribution in [0.2, 0.25) is 5.02 Å². The number of carbonyl (C=O) groups is 1. The number of halogens is 4. The summed E-state index contributed by atoms with van der Waals surface area (Å²) in [6, 6.07) is 6.35. The number of hydrogen-bond donors (Lipinski definition) is 0. The Balaban J connectivity index is 2.61. The number of sulfone groups is 1. The van der Waals surface area contributed by atoms with Crippen molar-refractivity contribution in [2.45, 2.75) is 11.1 Å². The van der Waals surface area contributed by atoms with Crippen LogP contribution in [0.15, 0.2) is 47.5 Å². The molecule has 168 valence electrons. The zero-order valence-corrected chi connectivity index (χ0v) is 18.5. The number of carbonyl (C=O) groups excluding carboxylic acids is 1. The number of nitrogens with zero attached hydrogens (tertiary/aromatic N) is 1. The van der Waals surface area contributed by atoms with Crippen LogP contribution in [0.25, 0.3) is 5.57 Å². The van der Waals surface area contributed by atoms with Crippen LogP contribution in [0.5, 0.6) is 11.5 Å². The maximum Gasteiger partial charge on any atom is 0.416 e. The molecule has 0 aliphatic heterocycles. The van der Waals surface area contributed by atoms with Crippen molar-refractivity contribution in [1.29, 1.82) is 0 Å².